The maximum Gasteiger partial charge on any atom is 0.442 e. The molecule has 0 fully saturated rings. The van der Waals surface area contributed by atoms with Crippen molar-refractivity contribution in [2.24, 2.45) is 0 Å². The monoisotopic (exact) mass is 441 g/mol. The molecule has 9 nitrogen and oxygen atoms in total. The Labute approximate surface area is 179 Å². The van der Waals surface area contributed by atoms with Crippen molar-refractivity contribution in [1.82, 2.24) is 23.6 Å². The molecule has 0 amide bonds. The summed E-state index contributed by atoms with van der Waals surface area (Å²) in [4.78, 5) is 17.2. The van der Waals surface area contributed by atoms with Crippen molar-refractivity contribution in [3.8, 4) is 11.4 Å². The first kappa shape index (κ1) is 21.0. The minimum absolute atomic E-state index is 0.150. The number of fused-ring (bicyclic) bond motifs is 1. The number of imidazole rings is 1. The Bertz CT molecular complexity index is 1380. The molecule has 2 aromatic heterocycles. The molecule has 162 valence electrons. The van der Waals surface area contributed by atoms with E-state index < -0.39 is 15.8 Å². The molecule has 0 aliphatic rings. The van der Waals surface area contributed by atoms with Crippen LogP contribution in [-0.4, -0.2) is 46.1 Å². The second-order valence-corrected chi connectivity index (χ2v) is 9.49. The smallest absolute Gasteiger partial charge is 0.326 e. The van der Waals surface area contributed by atoms with Crippen molar-refractivity contribution in [2.75, 3.05) is 14.1 Å². The molecule has 0 atom stereocenters. The number of hydrogen-bond donors (Lipinski definition) is 0. The largest absolute Gasteiger partial charge is 0.442 e. The molecule has 31 heavy (non-hydrogen) atoms. The minimum Gasteiger partial charge on any atom is -0.326 e. The van der Waals surface area contributed by atoms with Crippen molar-refractivity contribution in [3.05, 3.63) is 64.9 Å². The Balaban J connectivity index is 1.83. The van der Waals surface area contributed by atoms with E-state index in [1.165, 1.54) is 23.0 Å². The van der Waals surface area contributed by atoms with Gasteiger partial charge in [-0.15, -0.1) is 0 Å². The fourth-order valence-corrected chi connectivity index (χ4v) is 4.39. The summed E-state index contributed by atoms with van der Waals surface area (Å²) in [6, 6.07) is 14.2. The zero-order chi connectivity index (χ0) is 22.2. The summed E-state index contributed by atoms with van der Waals surface area (Å²) in [6.07, 6.45) is 0.848. The lowest BCUT2D eigenvalue weighted by atomic mass is 10.2. The van der Waals surface area contributed by atoms with Gasteiger partial charge in [0.25, 0.3) is 0 Å². The van der Waals surface area contributed by atoms with E-state index in [2.05, 4.69) is 10.1 Å². The molecule has 10 heteroatoms. The average Bonchev–Trinajstić information content (AvgIpc) is 3.29. The number of aryl methyl sites for hydroxylation is 1. The van der Waals surface area contributed by atoms with Gasteiger partial charge in [-0.05, 0) is 24.6 Å². The molecule has 4 aromatic rings. The van der Waals surface area contributed by atoms with E-state index in [1.54, 1.807) is 18.2 Å². The number of hydrogen-bond acceptors (Lipinski definition) is 6. The van der Waals surface area contributed by atoms with Crippen LogP contribution in [0.3, 0.4) is 0 Å². The molecular weight excluding hydrogens is 418 g/mol. The molecule has 0 unspecified atom stereocenters. The topological polar surface area (TPSA) is 103 Å². The fraction of sp³-hybridized carbons (Fsp3) is 0.286. The number of nitrogens with zero attached hydrogens (tertiary/aromatic N) is 5. The van der Waals surface area contributed by atoms with Crippen LogP contribution >= 0.6 is 0 Å². The molecule has 0 spiro atoms. The molecule has 0 saturated heterocycles. The molecule has 0 bridgehead atoms. The zero-order valence-corrected chi connectivity index (χ0v) is 18.3. The Hall–Kier alpha value is -3.24. The van der Waals surface area contributed by atoms with Gasteiger partial charge in [-0.3, -0.25) is 4.52 Å². The maximum absolute atomic E-state index is 12.5. The highest BCUT2D eigenvalue weighted by molar-refractivity contribution is 7.89. The van der Waals surface area contributed by atoms with Crippen LogP contribution in [-0.2, 0) is 23.1 Å². The second-order valence-electron chi connectivity index (χ2n) is 7.34. The summed E-state index contributed by atoms with van der Waals surface area (Å²) in [6.45, 7) is 2.87. The van der Waals surface area contributed by atoms with Gasteiger partial charge in [0.05, 0.1) is 22.5 Å². The third-order valence-corrected chi connectivity index (χ3v) is 6.85. The lowest BCUT2D eigenvalue weighted by Crippen LogP contribution is -2.22. The van der Waals surface area contributed by atoms with E-state index in [0.29, 0.717) is 23.7 Å². The van der Waals surface area contributed by atoms with Crippen LogP contribution in [0.1, 0.15) is 19.2 Å². The van der Waals surface area contributed by atoms with Gasteiger partial charge in [0.1, 0.15) is 5.82 Å². The SMILES string of the molecule is CCCn1c(Cn2c(-c3ccccc3)noc2=O)nc2cc(S(=O)(=O)N(C)C)ccc21. The zero-order valence-electron chi connectivity index (χ0n) is 17.5. The third-order valence-electron chi connectivity index (χ3n) is 5.04. The van der Waals surface area contributed by atoms with Gasteiger partial charge in [-0.25, -0.2) is 27.1 Å². The van der Waals surface area contributed by atoms with E-state index in [0.717, 1.165) is 17.5 Å². The van der Waals surface area contributed by atoms with Crippen LogP contribution in [0, 0.1) is 0 Å². The molecule has 0 radical (unpaired) electrons. The molecule has 0 saturated carbocycles. The Morgan fingerprint density at radius 3 is 2.48 bits per heavy atom. The Morgan fingerprint density at radius 1 is 1.06 bits per heavy atom. The second kappa shape index (κ2) is 8.12. The summed E-state index contributed by atoms with van der Waals surface area (Å²) >= 11 is 0. The van der Waals surface area contributed by atoms with Gasteiger partial charge >= 0.3 is 5.76 Å². The lowest BCUT2D eigenvalue weighted by Gasteiger charge is -2.11. The number of aromatic nitrogens is 4. The van der Waals surface area contributed by atoms with E-state index in [1.807, 2.05) is 41.8 Å². The number of benzene rings is 2. The summed E-state index contributed by atoms with van der Waals surface area (Å²) in [7, 11) is -0.599. The van der Waals surface area contributed by atoms with Crippen molar-refractivity contribution < 1.29 is 12.9 Å². The molecule has 0 aliphatic carbocycles. The van der Waals surface area contributed by atoms with Crippen LogP contribution in [0.2, 0.25) is 0 Å². The van der Waals surface area contributed by atoms with E-state index in [9.17, 15) is 13.2 Å². The Kier molecular flexibility index (Phi) is 5.50. The molecule has 0 N–H and O–H groups in total. The van der Waals surface area contributed by atoms with Crippen molar-refractivity contribution in [1.29, 1.82) is 0 Å². The summed E-state index contributed by atoms with van der Waals surface area (Å²) in [5.74, 6) is 0.458. The predicted octanol–water partition coefficient (Wildman–Crippen LogP) is 2.56. The number of sulfonamides is 1. The highest BCUT2D eigenvalue weighted by Gasteiger charge is 2.21. The highest BCUT2D eigenvalue weighted by Crippen LogP contribution is 2.24. The van der Waals surface area contributed by atoms with Gasteiger partial charge in [0.15, 0.2) is 5.82 Å². The molecule has 0 aliphatic heterocycles. The van der Waals surface area contributed by atoms with Crippen LogP contribution in [0.15, 0.2) is 62.7 Å². The average molecular weight is 442 g/mol. The predicted molar refractivity (Wildman–Crippen MR) is 116 cm³/mol. The van der Waals surface area contributed by atoms with Crippen LogP contribution in [0.25, 0.3) is 22.4 Å². The maximum atomic E-state index is 12.5. The molecular formula is C21H23N5O4S. The molecule has 4 rings (SSSR count). The van der Waals surface area contributed by atoms with Crippen molar-refractivity contribution in [2.45, 2.75) is 31.3 Å². The first-order valence-electron chi connectivity index (χ1n) is 9.86. The minimum atomic E-state index is -3.58. The van der Waals surface area contributed by atoms with E-state index in [-0.39, 0.29) is 11.4 Å². The van der Waals surface area contributed by atoms with Gasteiger partial charge in [-0.2, -0.15) is 0 Å². The first-order valence-corrected chi connectivity index (χ1v) is 11.3. The van der Waals surface area contributed by atoms with E-state index in [4.69, 9.17) is 4.52 Å². The molecule has 2 heterocycles. The van der Waals surface area contributed by atoms with Crippen LogP contribution in [0.4, 0.5) is 0 Å². The van der Waals surface area contributed by atoms with Crippen molar-refractivity contribution in [3.63, 3.8) is 0 Å². The first-order chi connectivity index (χ1) is 14.8. The summed E-state index contributed by atoms with van der Waals surface area (Å²) in [5, 5.41) is 3.93. The quantitative estimate of drug-likeness (QED) is 0.437. The third kappa shape index (κ3) is 3.79. The van der Waals surface area contributed by atoms with Gasteiger partial charge < -0.3 is 4.57 Å². The van der Waals surface area contributed by atoms with Crippen LogP contribution < -0.4 is 5.76 Å². The van der Waals surface area contributed by atoms with Gasteiger partial charge in [-0.1, -0.05) is 42.4 Å². The number of rotatable bonds is 7. The lowest BCUT2D eigenvalue weighted by molar-refractivity contribution is 0.377. The standard InChI is InChI=1S/C21H23N5O4S/c1-4-12-25-18-11-10-16(31(28,29)24(2)3)13-17(18)22-19(25)14-26-20(23-30-21(26)27)15-8-6-5-7-9-15/h5-11,13H,4,12,14H2,1-3H3. The molecule has 2 aromatic carbocycles. The van der Waals surface area contributed by atoms with Gasteiger partial charge in [0, 0.05) is 26.2 Å². The highest BCUT2D eigenvalue weighted by atomic mass is 32.2. The van der Waals surface area contributed by atoms with E-state index >= 15 is 0 Å². The van der Waals surface area contributed by atoms with Gasteiger partial charge in [0.2, 0.25) is 10.0 Å². The summed E-state index contributed by atoms with van der Waals surface area (Å²) in [5.41, 5.74) is 2.11. The Morgan fingerprint density at radius 2 is 1.81 bits per heavy atom. The normalized spacial score (nSPS) is 12.1. The van der Waals surface area contributed by atoms with Crippen LogP contribution in [0.5, 0.6) is 0 Å². The fourth-order valence-electron chi connectivity index (χ4n) is 3.47. The van der Waals surface area contributed by atoms with Crippen molar-refractivity contribution >= 4 is 21.1 Å². The summed E-state index contributed by atoms with van der Waals surface area (Å²) < 4.78 is 34.6.